The zero-order valence-electron chi connectivity index (χ0n) is 9.94. The Balaban J connectivity index is 1.97. The van der Waals surface area contributed by atoms with E-state index >= 15 is 0 Å². The maximum Gasteiger partial charge on any atom is 0.213 e. The van der Waals surface area contributed by atoms with Gasteiger partial charge in [0.05, 0.1) is 7.11 Å². The molecule has 1 aliphatic rings. The number of methoxy groups -OCH3 is 1. The number of hydrogen-bond donors (Lipinski definition) is 1. The van der Waals surface area contributed by atoms with Gasteiger partial charge in [-0.1, -0.05) is 0 Å². The van der Waals surface area contributed by atoms with E-state index in [0.717, 1.165) is 26.2 Å². The molecule has 0 amide bonds. The molecule has 4 nitrogen and oxygen atoms in total. The van der Waals surface area contributed by atoms with Crippen LogP contribution in [-0.2, 0) is 6.54 Å². The molecule has 1 unspecified atom stereocenters. The first kappa shape index (κ1) is 11.4. The van der Waals surface area contributed by atoms with Crippen LogP contribution in [0, 0.1) is 0 Å². The predicted molar refractivity (Wildman–Crippen MR) is 63.5 cm³/mol. The highest BCUT2D eigenvalue weighted by Crippen LogP contribution is 2.12. The maximum atomic E-state index is 5.12. The summed E-state index contributed by atoms with van der Waals surface area (Å²) in [7, 11) is 1.65. The first-order chi connectivity index (χ1) is 7.78. The van der Waals surface area contributed by atoms with Gasteiger partial charge < -0.3 is 10.1 Å². The molecule has 88 valence electrons. The SMILES string of the molecule is COc1cc(CN2CCNC(C)C2)ccn1. The fourth-order valence-corrected chi connectivity index (χ4v) is 2.07. The normalized spacial score (nSPS) is 22.0. The number of nitrogens with one attached hydrogen (secondary N) is 1. The molecule has 1 saturated heterocycles. The van der Waals surface area contributed by atoms with Gasteiger partial charge in [0, 0.05) is 44.5 Å². The average molecular weight is 221 g/mol. The second-order valence-corrected chi connectivity index (χ2v) is 4.30. The van der Waals surface area contributed by atoms with Gasteiger partial charge in [0.2, 0.25) is 5.88 Å². The van der Waals surface area contributed by atoms with Crippen molar-refractivity contribution < 1.29 is 4.74 Å². The van der Waals surface area contributed by atoms with Crippen molar-refractivity contribution in [2.24, 2.45) is 0 Å². The highest BCUT2D eigenvalue weighted by atomic mass is 16.5. The molecule has 0 aliphatic carbocycles. The van der Waals surface area contributed by atoms with Gasteiger partial charge in [-0.15, -0.1) is 0 Å². The molecule has 1 atom stereocenters. The largest absolute Gasteiger partial charge is 0.481 e. The van der Waals surface area contributed by atoms with E-state index in [1.807, 2.05) is 6.07 Å². The summed E-state index contributed by atoms with van der Waals surface area (Å²) in [5.41, 5.74) is 1.26. The van der Waals surface area contributed by atoms with Gasteiger partial charge in [-0.3, -0.25) is 4.90 Å². The monoisotopic (exact) mass is 221 g/mol. The van der Waals surface area contributed by atoms with E-state index in [0.29, 0.717) is 11.9 Å². The molecule has 0 spiro atoms. The Kier molecular flexibility index (Phi) is 3.74. The molecule has 1 aromatic heterocycles. The Morgan fingerprint density at radius 2 is 2.50 bits per heavy atom. The minimum Gasteiger partial charge on any atom is -0.481 e. The molecule has 4 heteroatoms. The molecule has 2 rings (SSSR count). The summed E-state index contributed by atoms with van der Waals surface area (Å²) >= 11 is 0. The summed E-state index contributed by atoms with van der Waals surface area (Å²) in [6.07, 6.45) is 1.81. The van der Waals surface area contributed by atoms with Gasteiger partial charge in [-0.25, -0.2) is 4.98 Å². The topological polar surface area (TPSA) is 37.4 Å². The van der Waals surface area contributed by atoms with Crippen LogP contribution in [0.5, 0.6) is 5.88 Å². The molecule has 0 aromatic carbocycles. The van der Waals surface area contributed by atoms with Crippen molar-refractivity contribution in [3.63, 3.8) is 0 Å². The van der Waals surface area contributed by atoms with Gasteiger partial charge in [-0.2, -0.15) is 0 Å². The summed E-state index contributed by atoms with van der Waals surface area (Å²) in [6.45, 7) is 6.48. The van der Waals surface area contributed by atoms with Crippen molar-refractivity contribution in [3.05, 3.63) is 23.9 Å². The lowest BCUT2D eigenvalue weighted by Gasteiger charge is -2.31. The Bertz CT molecular complexity index is 343. The molecule has 1 aromatic rings. The van der Waals surface area contributed by atoms with Crippen molar-refractivity contribution >= 4 is 0 Å². The molecule has 0 bridgehead atoms. The number of nitrogens with zero attached hydrogens (tertiary/aromatic N) is 2. The van der Waals surface area contributed by atoms with Crippen LogP contribution in [0.2, 0.25) is 0 Å². The minimum absolute atomic E-state index is 0.581. The molecular formula is C12H19N3O. The third kappa shape index (κ3) is 2.93. The van der Waals surface area contributed by atoms with Crippen molar-refractivity contribution in [1.29, 1.82) is 0 Å². The minimum atomic E-state index is 0.581. The lowest BCUT2D eigenvalue weighted by atomic mass is 10.2. The summed E-state index contributed by atoms with van der Waals surface area (Å²) in [4.78, 5) is 6.57. The number of hydrogen-bond acceptors (Lipinski definition) is 4. The van der Waals surface area contributed by atoms with E-state index < -0.39 is 0 Å². The Labute approximate surface area is 96.6 Å². The first-order valence-corrected chi connectivity index (χ1v) is 5.72. The quantitative estimate of drug-likeness (QED) is 0.822. The molecular weight excluding hydrogens is 202 g/mol. The second-order valence-electron chi connectivity index (χ2n) is 4.30. The van der Waals surface area contributed by atoms with E-state index in [9.17, 15) is 0 Å². The fourth-order valence-electron chi connectivity index (χ4n) is 2.07. The van der Waals surface area contributed by atoms with Crippen molar-refractivity contribution in [3.8, 4) is 5.88 Å². The first-order valence-electron chi connectivity index (χ1n) is 5.72. The zero-order valence-corrected chi connectivity index (χ0v) is 9.94. The fraction of sp³-hybridized carbons (Fsp3) is 0.583. The van der Waals surface area contributed by atoms with Crippen LogP contribution in [-0.4, -0.2) is 42.7 Å². The van der Waals surface area contributed by atoms with Crippen LogP contribution < -0.4 is 10.1 Å². The highest BCUT2D eigenvalue weighted by Gasteiger charge is 2.15. The van der Waals surface area contributed by atoms with Crippen LogP contribution in [0.25, 0.3) is 0 Å². The van der Waals surface area contributed by atoms with Gasteiger partial charge >= 0.3 is 0 Å². The Morgan fingerprint density at radius 3 is 3.25 bits per heavy atom. The average Bonchev–Trinajstić information content (AvgIpc) is 2.29. The predicted octanol–water partition coefficient (Wildman–Crippen LogP) is 0.884. The number of ether oxygens (including phenoxy) is 1. The molecule has 16 heavy (non-hydrogen) atoms. The second kappa shape index (κ2) is 5.27. The van der Waals surface area contributed by atoms with Crippen LogP contribution in [0.15, 0.2) is 18.3 Å². The van der Waals surface area contributed by atoms with Gasteiger partial charge in [0.15, 0.2) is 0 Å². The smallest absolute Gasteiger partial charge is 0.213 e. The molecule has 1 N–H and O–H groups in total. The van der Waals surface area contributed by atoms with Gasteiger partial charge in [0.1, 0.15) is 0 Å². The summed E-state index contributed by atoms with van der Waals surface area (Å²) in [5.74, 6) is 0.695. The van der Waals surface area contributed by atoms with Crippen molar-refractivity contribution in [2.45, 2.75) is 19.5 Å². The van der Waals surface area contributed by atoms with Crippen LogP contribution in [0.4, 0.5) is 0 Å². The Morgan fingerprint density at radius 1 is 1.62 bits per heavy atom. The summed E-state index contributed by atoms with van der Waals surface area (Å²) < 4.78 is 5.12. The van der Waals surface area contributed by atoms with E-state index in [-0.39, 0.29) is 0 Å². The lowest BCUT2D eigenvalue weighted by Crippen LogP contribution is -2.48. The number of aromatic nitrogens is 1. The maximum absolute atomic E-state index is 5.12. The molecule has 0 radical (unpaired) electrons. The van der Waals surface area contributed by atoms with Crippen LogP contribution in [0.1, 0.15) is 12.5 Å². The molecule has 1 aliphatic heterocycles. The van der Waals surface area contributed by atoms with E-state index in [2.05, 4.69) is 28.2 Å². The molecule has 1 fully saturated rings. The van der Waals surface area contributed by atoms with Gasteiger partial charge in [0.25, 0.3) is 0 Å². The molecule has 2 heterocycles. The lowest BCUT2D eigenvalue weighted by molar-refractivity contribution is 0.199. The van der Waals surface area contributed by atoms with E-state index in [1.165, 1.54) is 5.56 Å². The summed E-state index contributed by atoms with van der Waals surface area (Å²) in [6, 6.07) is 4.64. The third-order valence-corrected chi connectivity index (χ3v) is 2.87. The summed E-state index contributed by atoms with van der Waals surface area (Å²) in [5, 5.41) is 3.44. The number of pyridine rings is 1. The number of rotatable bonds is 3. The highest BCUT2D eigenvalue weighted by molar-refractivity contribution is 5.20. The van der Waals surface area contributed by atoms with E-state index in [1.54, 1.807) is 13.3 Å². The van der Waals surface area contributed by atoms with E-state index in [4.69, 9.17) is 4.74 Å². The van der Waals surface area contributed by atoms with Crippen LogP contribution in [0.3, 0.4) is 0 Å². The zero-order chi connectivity index (χ0) is 11.4. The van der Waals surface area contributed by atoms with Crippen molar-refractivity contribution in [1.82, 2.24) is 15.2 Å². The Hall–Kier alpha value is -1.13. The van der Waals surface area contributed by atoms with Crippen molar-refractivity contribution in [2.75, 3.05) is 26.7 Å². The molecule has 0 saturated carbocycles. The standard InChI is InChI=1S/C12H19N3O/c1-10-8-15(6-5-13-10)9-11-3-4-14-12(7-11)16-2/h3-4,7,10,13H,5-6,8-9H2,1-2H3. The number of piperazine rings is 1. The third-order valence-electron chi connectivity index (χ3n) is 2.87. The van der Waals surface area contributed by atoms with Crippen LogP contribution >= 0.6 is 0 Å². The van der Waals surface area contributed by atoms with Gasteiger partial charge in [-0.05, 0) is 18.6 Å².